The molecule has 0 amide bonds. The molecule has 0 fully saturated rings. The minimum absolute atomic E-state index is 0. The van der Waals surface area contributed by atoms with E-state index in [9.17, 15) is 0 Å². The van der Waals surface area contributed by atoms with E-state index in [-0.39, 0.29) is 12.4 Å². The number of methoxy groups -OCH3 is 3. The Morgan fingerprint density at radius 2 is 1.59 bits per heavy atom. The van der Waals surface area contributed by atoms with E-state index in [1.54, 1.807) is 12.1 Å². The fraction of sp³-hybridized carbons (Fsp3) is 0.364. The normalized spacial score (nSPS) is 10.8. The fourth-order valence-electron chi connectivity index (χ4n) is 1.36. The number of rotatable bonds is 4. The van der Waals surface area contributed by atoms with Crippen LogP contribution in [0.1, 0.15) is 11.6 Å². The van der Waals surface area contributed by atoms with Gasteiger partial charge < -0.3 is 19.9 Å². The van der Waals surface area contributed by atoms with E-state index < -0.39 is 6.04 Å². The third-order valence-electron chi connectivity index (χ3n) is 2.19. The van der Waals surface area contributed by atoms with Crippen molar-refractivity contribution in [2.75, 3.05) is 21.3 Å². The van der Waals surface area contributed by atoms with Gasteiger partial charge in [0.25, 0.3) is 0 Å². The quantitative estimate of drug-likeness (QED) is 0.889. The lowest BCUT2D eigenvalue weighted by molar-refractivity contribution is 0.323. The molecule has 94 valence electrons. The number of hydrogen-bond donors (Lipinski definition) is 1. The predicted molar refractivity (Wildman–Crippen MR) is 65.9 cm³/mol. The minimum Gasteiger partial charge on any atom is -0.493 e. The minimum atomic E-state index is -0.714. The number of ether oxygens (including phenoxy) is 3. The van der Waals surface area contributed by atoms with E-state index in [0.717, 1.165) is 0 Å². The Balaban J connectivity index is 0.00000256. The smallest absolute Gasteiger partial charge is 0.203 e. The molecule has 0 unspecified atom stereocenters. The van der Waals surface area contributed by atoms with Gasteiger partial charge in [0.1, 0.15) is 6.04 Å². The first-order valence-electron chi connectivity index (χ1n) is 4.63. The molecule has 5 nitrogen and oxygen atoms in total. The van der Waals surface area contributed by atoms with Crippen LogP contribution < -0.4 is 19.9 Å². The summed E-state index contributed by atoms with van der Waals surface area (Å²) in [6, 6.07) is 4.56. The lowest BCUT2D eigenvalue weighted by Gasteiger charge is -2.14. The third-order valence-corrected chi connectivity index (χ3v) is 2.19. The van der Waals surface area contributed by atoms with Gasteiger partial charge in [-0.25, -0.2) is 0 Å². The SMILES string of the molecule is COc1cc([C@@H](N)C#N)cc(OC)c1OC.Cl. The first kappa shape index (κ1) is 15.4. The van der Waals surface area contributed by atoms with Crippen LogP contribution in [0.25, 0.3) is 0 Å². The molecular formula is C11H15ClN2O3. The molecule has 2 N–H and O–H groups in total. The Morgan fingerprint density at radius 3 is 1.88 bits per heavy atom. The fourth-order valence-corrected chi connectivity index (χ4v) is 1.36. The molecule has 0 aliphatic carbocycles. The second kappa shape index (κ2) is 6.84. The number of nitriles is 1. The maximum atomic E-state index is 8.75. The van der Waals surface area contributed by atoms with Crippen molar-refractivity contribution in [3.8, 4) is 23.3 Å². The highest BCUT2D eigenvalue weighted by Crippen LogP contribution is 2.39. The molecule has 1 atom stereocenters. The molecule has 0 heterocycles. The van der Waals surface area contributed by atoms with E-state index in [1.807, 2.05) is 6.07 Å². The topological polar surface area (TPSA) is 77.5 Å². The summed E-state index contributed by atoms with van der Waals surface area (Å²) in [6.07, 6.45) is 0. The van der Waals surface area contributed by atoms with Crippen LogP contribution in [-0.2, 0) is 0 Å². The van der Waals surface area contributed by atoms with Gasteiger partial charge in [-0.1, -0.05) is 0 Å². The molecule has 1 aromatic carbocycles. The van der Waals surface area contributed by atoms with Gasteiger partial charge in [0.05, 0.1) is 27.4 Å². The highest BCUT2D eigenvalue weighted by molar-refractivity contribution is 5.85. The second-order valence-electron chi connectivity index (χ2n) is 3.07. The molecule has 0 aliphatic heterocycles. The van der Waals surface area contributed by atoms with E-state index in [1.165, 1.54) is 21.3 Å². The zero-order valence-corrected chi connectivity index (χ0v) is 10.7. The van der Waals surface area contributed by atoms with Crippen molar-refractivity contribution in [1.82, 2.24) is 0 Å². The van der Waals surface area contributed by atoms with Crippen molar-refractivity contribution < 1.29 is 14.2 Å². The molecule has 6 heteroatoms. The number of hydrogen-bond acceptors (Lipinski definition) is 5. The molecule has 0 bridgehead atoms. The van der Waals surface area contributed by atoms with Gasteiger partial charge in [0, 0.05) is 0 Å². The van der Waals surface area contributed by atoms with Crippen molar-refractivity contribution >= 4 is 12.4 Å². The van der Waals surface area contributed by atoms with Crippen molar-refractivity contribution in [3.63, 3.8) is 0 Å². The highest BCUT2D eigenvalue weighted by Gasteiger charge is 2.15. The Labute approximate surface area is 106 Å². The van der Waals surface area contributed by atoms with Crippen LogP contribution in [0.15, 0.2) is 12.1 Å². The zero-order valence-electron chi connectivity index (χ0n) is 9.89. The molecular weight excluding hydrogens is 244 g/mol. The van der Waals surface area contributed by atoms with Crippen LogP contribution in [0.5, 0.6) is 17.2 Å². The molecule has 0 saturated heterocycles. The molecule has 0 saturated carbocycles. The van der Waals surface area contributed by atoms with Gasteiger partial charge in [0.15, 0.2) is 11.5 Å². The van der Waals surface area contributed by atoms with Gasteiger partial charge in [0.2, 0.25) is 5.75 Å². The van der Waals surface area contributed by atoms with Crippen LogP contribution in [0.2, 0.25) is 0 Å². The first-order valence-corrected chi connectivity index (χ1v) is 4.63. The Kier molecular flexibility index (Phi) is 6.18. The zero-order chi connectivity index (χ0) is 12.1. The Hall–Kier alpha value is -1.64. The standard InChI is InChI=1S/C11H14N2O3.ClH/c1-14-9-4-7(8(13)6-12)5-10(15-2)11(9)16-3;/h4-5,8H,13H2,1-3H3;1H/t8-;/m0./s1. The van der Waals surface area contributed by atoms with Gasteiger partial charge in [-0.3, -0.25) is 0 Å². The summed E-state index contributed by atoms with van der Waals surface area (Å²) < 4.78 is 15.4. The molecule has 1 aromatic rings. The van der Waals surface area contributed by atoms with E-state index in [0.29, 0.717) is 22.8 Å². The van der Waals surface area contributed by atoms with Crippen LogP contribution >= 0.6 is 12.4 Å². The first-order chi connectivity index (χ1) is 7.67. The van der Waals surface area contributed by atoms with E-state index >= 15 is 0 Å². The lowest BCUT2D eigenvalue weighted by atomic mass is 10.1. The molecule has 0 aliphatic rings. The molecule has 0 radical (unpaired) electrons. The summed E-state index contributed by atoms with van der Waals surface area (Å²) in [6.45, 7) is 0. The van der Waals surface area contributed by atoms with Gasteiger partial charge in [-0.15, -0.1) is 12.4 Å². The average molecular weight is 259 g/mol. The van der Waals surface area contributed by atoms with Crippen LogP contribution in [0, 0.1) is 11.3 Å². The molecule has 0 aromatic heterocycles. The summed E-state index contributed by atoms with van der Waals surface area (Å²) in [4.78, 5) is 0. The van der Waals surface area contributed by atoms with E-state index in [2.05, 4.69) is 0 Å². The van der Waals surface area contributed by atoms with Gasteiger partial charge in [-0.05, 0) is 17.7 Å². The Morgan fingerprint density at radius 1 is 1.12 bits per heavy atom. The van der Waals surface area contributed by atoms with Crippen molar-refractivity contribution in [3.05, 3.63) is 17.7 Å². The average Bonchev–Trinajstić information content (AvgIpc) is 2.35. The summed E-state index contributed by atoms with van der Waals surface area (Å²) in [5.41, 5.74) is 6.24. The summed E-state index contributed by atoms with van der Waals surface area (Å²) >= 11 is 0. The van der Waals surface area contributed by atoms with Gasteiger partial charge >= 0.3 is 0 Å². The maximum Gasteiger partial charge on any atom is 0.203 e. The molecule has 17 heavy (non-hydrogen) atoms. The largest absolute Gasteiger partial charge is 0.493 e. The van der Waals surface area contributed by atoms with Crippen molar-refractivity contribution in [2.24, 2.45) is 5.73 Å². The number of nitrogens with zero attached hydrogens (tertiary/aromatic N) is 1. The third kappa shape index (κ3) is 3.16. The summed E-state index contributed by atoms with van der Waals surface area (Å²) in [5.74, 6) is 1.46. The number of nitrogens with two attached hydrogens (primary N) is 1. The summed E-state index contributed by atoms with van der Waals surface area (Å²) in [7, 11) is 4.54. The van der Waals surface area contributed by atoms with Crippen molar-refractivity contribution in [2.45, 2.75) is 6.04 Å². The Bertz CT molecular complexity index is 393. The van der Waals surface area contributed by atoms with Crippen LogP contribution in [0.3, 0.4) is 0 Å². The monoisotopic (exact) mass is 258 g/mol. The van der Waals surface area contributed by atoms with Crippen LogP contribution in [-0.4, -0.2) is 21.3 Å². The second-order valence-corrected chi connectivity index (χ2v) is 3.07. The highest BCUT2D eigenvalue weighted by atomic mass is 35.5. The summed E-state index contributed by atoms with van der Waals surface area (Å²) in [5, 5.41) is 8.75. The van der Waals surface area contributed by atoms with Crippen molar-refractivity contribution in [1.29, 1.82) is 5.26 Å². The van der Waals surface area contributed by atoms with Crippen LogP contribution in [0.4, 0.5) is 0 Å². The maximum absolute atomic E-state index is 8.75. The van der Waals surface area contributed by atoms with E-state index in [4.69, 9.17) is 25.2 Å². The lowest BCUT2D eigenvalue weighted by Crippen LogP contribution is -2.08. The molecule has 0 spiro atoms. The number of halogens is 1. The van der Waals surface area contributed by atoms with Gasteiger partial charge in [-0.2, -0.15) is 5.26 Å². The predicted octanol–water partition coefficient (Wildman–Crippen LogP) is 1.66. The molecule has 1 rings (SSSR count). The number of benzene rings is 1.